The summed E-state index contributed by atoms with van der Waals surface area (Å²) in [6.45, 7) is 1.92. The first kappa shape index (κ1) is 9.68. The maximum absolute atomic E-state index is 5.48. The molecule has 0 aromatic carbocycles. The Kier molecular flexibility index (Phi) is 2.84. The smallest absolute Gasteiger partial charge is 0.211 e. The van der Waals surface area contributed by atoms with Crippen molar-refractivity contribution in [2.75, 3.05) is 20.6 Å². The summed E-state index contributed by atoms with van der Waals surface area (Å²) < 4.78 is 5.48. The first-order chi connectivity index (χ1) is 6.81. The molecule has 0 saturated carbocycles. The zero-order valence-corrected chi connectivity index (χ0v) is 8.79. The number of nitrogens with zero attached hydrogens (tertiary/aromatic N) is 2. The Balaban J connectivity index is 2.08. The summed E-state index contributed by atoms with van der Waals surface area (Å²) in [5, 5.41) is 3.06. The Hall–Kier alpha value is -0.870. The zero-order chi connectivity index (χ0) is 9.97. The van der Waals surface area contributed by atoms with Crippen LogP contribution in [0.4, 0.5) is 0 Å². The average Bonchev–Trinajstić information content (AvgIpc) is 2.74. The van der Waals surface area contributed by atoms with E-state index in [2.05, 4.69) is 22.2 Å². The molecule has 1 atom stereocenters. The summed E-state index contributed by atoms with van der Waals surface area (Å²) in [5.41, 5.74) is 0.989. The Morgan fingerprint density at radius 3 is 3.21 bits per heavy atom. The highest BCUT2D eigenvalue weighted by atomic mass is 16.3. The van der Waals surface area contributed by atoms with Crippen LogP contribution in [-0.4, -0.2) is 30.5 Å². The van der Waals surface area contributed by atoms with Crippen LogP contribution in [-0.2, 0) is 6.54 Å². The molecule has 2 heterocycles. The van der Waals surface area contributed by atoms with Crippen molar-refractivity contribution in [2.24, 2.45) is 0 Å². The van der Waals surface area contributed by atoms with E-state index in [-0.39, 0.29) is 0 Å². The normalized spacial score (nSPS) is 23.1. The third-order valence-corrected chi connectivity index (χ3v) is 2.73. The summed E-state index contributed by atoms with van der Waals surface area (Å²) in [4.78, 5) is 6.76. The summed E-state index contributed by atoms with van der Waals surface area (Å²) in [6, 6.07) is 0.389. The molecule has 1 aliphatic heterocycles. The summed E-state index contributed by atoms with van der Waals surface area (Å²) in [7, 11) is 4.04. The van der Waals surface area contributed by atoms with E-state index in [4.69, 9.17) is 4.42 Å². The highest BCUT2D eigenvalue weighted by Gasteiger charge is 2.26. The lowest BCUT2D eigenvalue weighted by molar-refractivity contribution is 0.268. The van der Waals surface area contributed by atoms with Crippen LogP contribution in [0.3, 0.4) is 0 Å². The molecule has 4 nitrogen and oxygen atoms in total. The van der Waals surface area contributed by atoms with Gasteiger partial charge in [0.05, 0.1) is 11.7 Å². The quantitative estimate of drug-likeness (QED) is 0.786. The third-order valence-electron chi connectivity index (χ3n) is 2.73. The van der Waals surface area contributed by atoms with Crippen molar-refractivity contribution in [3.8, 4) is 0 Å². The van der Waals surface area contributed by atoms with E-state index in [0.29, 0.717) is 6.04 Å². The van der Waals surface area contributed by atoms with E-state index in [1.54, 1.807) is 6.26 Å². The summed E-state index contributed by atoms with van der Waals surface area (Å²) in [5.74, 6) is 0.871. The van der Waals surface area contributed by atoms with Crippen molar-refractivity contribution < 1.29 is 4.42 Å². The van der Waals surface area contributed by atoms with Crippen molar-refractivity contribution in [2.45, 2.75) is 25.4 Å². The molecule has 1 fully saturated rings. The van der Waals surface area contributed by atoms with Crippen LogP contribution in [0, 0.1) is 0 Å². The minimum absolute atomic E-state index is 0.389. The van der Waals surface area contributed by atoms with Gasteiger partial charge in [-0.15, -0.1) is 0 Å². The van der Waals surface area contributed by atoms with E-state index in [1.165, 1.54) is 6.42 Å². The number of hydrogen-bond acceptors (Lipinski definition) is 4. The van der Waals surface area contributed by atoms with Gasteiger partial charge in [-0.1, -0.05) is 0 Å². The Morgan fingerprint density at radius 1 is 1.71 bits per heavy atom. The minimum Gasteiger partial charge on any atom is -0.447 e. The molecule has 0 spiro atoms. The van der Waals surface area contributed by atoms with Gasteiger partial charge in [-0.2, -0.15) is 0 Å². The lowest BCUT2D eigenvalue weighted by atomic mass is 10.2. The fraction of sp³-hybridized carbons (Fsp3) is 0.700. The van der Waals surface area contributed by atoms with Gasteiger partial charge in [-0.05, 0) is 33.5 Å². The molecule has 78 valence electrons. The number of nitrogens with one attached hydrogen (secondary N) is 1. The van der Waals surface area contributed by atoms with Gasteiger partial charge in [0.2, 0.25) is 5.89 Å². The minimum atomic E-state index is 0.389. The van der Waals surface area contributed by atoms with Crippen molar-refractivity contribution in [3.63, 3.8) is 0 Å². The summed E-state index contributed by atoms with van der Waals surface area (Å²) >= 11 is 0. The molecular formula is C10H17N3O. The van der Waals surface area contributed by atoms with Gasteiger partial charge in [-0.25, -0.2) is 4.98 Å². The van der Waals surface area contributed by atoms with Gasteiger partial charge in [0, 0.05) is 6.54 Å². The van der Waals surface area contributed by atoms with Crippen LogP contribution >= 0.6 is 0 Å². The lowest BCUT2D eigenvalue weighted by Gasteiger charge is -2.14. The Bertz CT molecular complexity index is 297. The number of oxazole rings is 1. The zero-order valence-electron chi connectivity index (χ0n) is 8.79. The van der Waals surface area contributed by atoms with Crippen LogP contribution in [0.2, 0.25) is 0 Å². The SMILES string of the molecule is CNCc1coc(C2CCCN2C)n1. The Labute approximate surface area is 84.3 Å². The van der Waals surface area contributed by atoms with Gasteiger partial charge < -0.3 is 9.73 Å². The van der Waals surface area contributed by atoms with Crippen LogP contribution in [0.1, 0.15) is 30.5 Å². The molecule has 2 rings (SSSR count). The van der Waals surface area contributed by atoms with Crippen LogP contribution < -0.4 is 5.32 Å². The average molecular weight is 195 g/mol. The maximum Gasteiger partial charge on any atom is 0.211 e. The maximum atomic E-state index is 5.48. The highest BCUT2D eigenvalue weighted by Crippen LogP contribution is 2.29. The van der Waals surface area contributed by atoms with E-state index >= 15 is 0 Å². The van der Waals surface area contributed by atoms with Crippen molar-refractivity contribution in [3.05, 3.63) is 17.8 Å². The highest BCUT2D eigenvalue weighted by molar-refractivity contribution is 5.01. The molecule has 1 aromatic heterocycles. The Morgan fingerprint density at radius 2 is 2.57 bits per heavy atom. The first-order valence-corrected chi connectivity index (χ1v) is 5.10. The van der Waals surface area contributed by atoms with E-state index < -0.39 is 0 Å². The van der Waals surface area contributed by atoms with E-state index in [9.17, 15) is 0 Å². The molecule has 1 unspecified atom stereocenters. The number of rotatable bonds is 3. The van der Waals surface area contributed by atoms with Crippen molar-refractivity contribution in [1.82, 2.24) is 15.2 Å². The predicted molar refractivity (Wildman–Crippen MR) is 53.9 cm³/mol. The topological polar surface area (TPSA) is 41.3 Å². The molecule has 1 aliphatic rings. The molecule has 0 aliphatic carbocycles. The standard InChI is InChI=1S/C10H17N3O/c1-11-6-8-7-14-10(12-8)9-4-3-5-13(9)2/h7,9,11H,3-6H2,1-2H3. The van der Waals surface area contributed by atoms with Gasteiger partial charge in [-0.3, -0.25) is 4.90 Å². The molecule has 0 amide bonds. The monoisotopic (exact) mass is 195 g/mol. The molecular weight excluding hydrogens is 178 g/mol. The second-order valence-corrected chi connectivity index (χ2v) is 3.85. The van der Waals surface area contributed by atoms with Crippen LogP contribution in [0.5, 0.6) is 0 Å². The van der Waals surface area contributed by atoms with Gasteiger partial charge in [0.15, 0.2) is 0 Å². The molecule has 1 aromatic rings. The molecule has 14 heavy (non-hydrogen) atoms. The number of aromatic nitrogens is 1. The van der Waals surface area contributed by atoms with Crippen LogP contribution in [0.15, 0.2) is 10.7 Å². The number of likely N-dealkylation sites (tertiary alicyclic amines) is 1. The van der Waals surface area contributed by atoms with E-state index in [0.717, 1.165) is 31.1 Å². The molecule has 0 bridgehead atoms. The van der Waals surface area contributed by atoms with Crippen molar-refractivity contribution in [1.29, 1.82) is 0 Å². The lowest BCUT2D eigenvalue weighted by Crippen LogP contribution is -2.17. The van der Waals surface area contributed by atoms with Crippen molar-refractivity contribution >= 4 is 0 Å². The van der Waals surface area contributed by atoms with Gasteiger partial charge in [0.25, 0.3) is 0 Å². The second kappa shape index (κ2) is 4.11. The molecule has 1 saturated heterocycles. The fourth-order valence-electron chi connectivity index (χ4n) is 1.96. The molecule has 1 N–H and O–H groups in total. The summed E-state index contributed by atoms with van der Waals surface area (Å²) in [6.07, 6.45) is 4.15. The number of hydrogen-bond donors (Lipinski definition) is 1. The second-order valence-electron chi connectivity index (χ2n) is 3.85. The molecule has 0 radical (unpaired) electrons. The largest absolute Gasteiger partial charge is 0.447 e. The van der Waals surface area contributed by atoms with E-state index in [1.807, 2.05) is 7.05 Å². The van der Waals surface area contributed by atoms with Gasteiger partial charge >= 0.3 is 0 Å². The predicted octanol–water partition coefficient (Wildman–Crippen LogP) is 1.16. The first-order valence-electron chi connectivity index (χ1n) is 5.10. The fourth-order valence-corrected chi connectivity index (χ4v) is 1.96. The van der Waals surface area contributed by atoms with Gasteiger partial charge in [0.1, 0.15) is 6.26 Å². The third kappa shape index (κ3) is 1.81. The van der Waals surface area contributed by atoms with Crippen LogP contribution in [0.25, 0.3) is 0 Å². The molecule has 4 heteroatoms.